The third-order valence-corrected chi connectivity index (χ3v) is 12.3. The number of ether oxygens (including phenoxy) is 3. The molecule has 0 radical (unpaired) electrons. The van der Waals surface area contributed by atoms with Crippen molar-refractivity contribution in [3.05, 3.63) is 35.9 Å². The number of benzene rings is 1. The van der Waals surface area contributed by atoms with Gasteiger partial charge in [-0.15, -0.1) is 0 Å². The van der Waals surface area contributed by atoms with Gasteiger partial charge in [0.25, 0.3) is 5.91 Å². The number of hydrogen-bond donors (Lipinski definition) is 3. The third kappa shape index (κ3) is 8.82. The predicted octanol–water partition coefficient (Wildman–Crippen LogP) is 3.73. The molecule has 1 aromatic carbocycles. The Kier molecular flexibility index (Phi) is 12.1. The lowest BCUT2D eigenvalue weighted by Crippen LogP contribution is -2.56. The number of pyridine rings is 1. The summed E-state index contributed by atoms with van der Waals surface area (Å²) in [6.45, 7) is 7.70. The first-order valence-corrected chi connectivity index (χ1v) is 19.4. The van der Waals surface area contributed by atoms with E-state index in [0.717, 1.165) is 23.8 Å². The number of allylic oxidation sites excluding steroid dienone is 1. The lowest BCUT2D eigenvalue weighted by Gasteiger charge is -2.22. The van der Waals surface area contributed by atoms with Crippen LogP contribution >= 0.6 is 0 Å². The molecule has 282 valence electrons. The van der Waals surface area contributed by atoms with Gasteiger partial charge >= 0.3 is 0 Å². The number of rotatable bonds is 19. The van der Waals surface area contributed by atoms with Crippen LogP contribution in [-0.4, -0.2) is 85.8 Å². The van der Waals surface area contributed by atoms with Crippen LogP contribution in [0.15, 0.2) is 35.3 Å². The van der Waals surface area contributed by atoms with Crippen molar-refractivity contribution < 1.29 is 41.8 Å². The van der Waals surface area contributed by atoms with E-state index in [1.165, 1.54) is 6.08 Å². The van der Waals surface area contributed by atoms with E-state index in [2.05, 4.69) is 20.3 Å². The van der Waals surface area contributed by atoms with Crippen molar-refractivity contribution in [1.82, 2.24) is 20.3 Å². The Morgan fingerprint density at radius 2 is 1.96 bits per heavy atom. The number of hydrogen-bond acceptors (Lipinski definition) is 12. The number of sulfonamides is 1. The first-order valence-electron chi connectivity index (χ1n) is 17.9. The number of aromatic nitrogens is 1. The Morgan fingerprint density at radius 3 is 2.63 bits per heavy atom. The maximum atomic E-state index is 13.7. The second kappa shape index (κ2) is 16.1. The molecule has 15 heteroatoms. The molecule has 5 rings (SSSR count). The van der Waals surface area contributed by atoms with Gasteiger partial charge in [0.2, 0.25) is 27.9 Å². The zero-order valence-corrected chi connectivity index (χ0v) is 31.2. The molecule has 2 aromatic rings. The molecule has 3 N–H and O–H groups in total. The van der Waals surface area contributed by atoms with E-state index in [9.17, 15) is 27.6 Å². The van der Waals surface area contributed by atoms with Gasteiger partial charge in [0.15, 0.2) is 0 Å². The summed E-state index contributed by atoms with van der Waals surface area (Å²) in [4.78, 5) is 56.9. The van der Waals surface area contributed by atoms with Crippen molar-refractivity contribution >= 4 is 45.1 Å². The van der Waals surface area contributed by atoms with E-state index in [1.807, 2.05) is 45.1 Å². The molecule has 2 aliphatic carbocycles. The summed E-state index contributed by atoms with van der Waals surface area (Å²) in [6, 6.07) is 4.12. The molecule has 1 aliphatic heterocycles. The van der Waals surface area contributed by atoms with Crippen LogP contribution in [0.3, 0.4) is 0 Å². The van der Waals surface area contributed by atoms with E-state index in [-0.39, 0.29) is 12.5 Å². The van der Waals surface area contributed by atoms with Crippen molar-refractivity contribution in [2.75, 3.05) is 13.7 Å². The summed E-state index contributed by atoms with van der Waals surface area (Å²) in [7, 11) is -2.33. The zero-order chi connectivity index (χ0) is 37.7. The molecule has 0 bridgehead atoms. The van der Waals surface area contributed by atoms with Gasteiger partial charge in [-0.2, -0.15) is 4.99 Å². The molecule has 1 aromatic heterocycles. The van der Waals surface area contributed by atoms with Crippen LogP contribution in [0.5, 0.6) is 17.4 Å². The van der Waals surface area contributed by atoms with Gasteiger partial charge in [-0.25, -0.2) is 18.2 Å². The van der Waals surface area contributed by atoms with Gasteiger partial charge in [-0.1, -0.05) is 25.0 Å². The molecular weight excluding hydrogens is 690 g/mol. The first-order chi connectivity index (χ1) is 24.8. The fraction of sp³-hybridized carbons (Fsp3) is 0.595. The van der Waals surface area contributed by atoms with Gasteiger partial charge in [0.1, 0.15) is 35.5 Å². The number of nitrogens with zero attached hydrogens (tertiary/aromatic N) is 2. The molecule has 3 aliphatic rings. The number of carbonyl (C=O) groups is 3. The smallest absolute Gasteiger partial charge is 0.259 e. The zero-order valence-electron chi connectivity index (χ0n) is 30.4. The predicted molar refractivity (Wildman–Crippen MR) is 194 cm³/mol. The van der Waals surface area contributed by atoms with E-state index < -0.39 is 56.2 Å². The van der Waals surface area contributed by atoms with Crippen LogP contribution in [0.1, 0.15) is 84.1 Å². The number of unbranched alkanes of at least 4 members (excludes halogenated alkanes) is 3. The molecule has 2 amide bonds. The monoisotopic (exact) mass is 739 g/mol. The average molecular weight is 740 g/mol. The molecule has 52 heavy (non-hydrogen) atoms. The number of aldehydes is 1. The van der Waals surface area contributed by atoms with Gasteiger partial charge in [0, 0.05) is 35.9 Å². The second-order valence-electron chi connectivity index (χ2n) is 14.5. The number of nitrogens with one attached hydrogen (secondary N) is 3. The van der Waals surface area contributed by atoms with Crippen molar-refractivity contribution in [2.45, 2.75) is 120 Å². The molecule has 2 saturated carbocycles. The lowest BCUT2D eigenvalue weighted by molar-refractivity contribution is -0.130. The van der Waals surface area contributed by atoms with Crippen LogP contribution < -0.4 is 29.6 Å². The highest BCUT2D eigenvalue weighted by molar-refractivity contribution is 7.91. The van der Waals surface area contributed by atoms with E-state index in [1.54, 1.807) is 20.1 Å². The Hall–Kier alpha value is -4.33. The summed E-state index contributed by atoms with van der Waals surface area (Å²) in [6.07, 6.45) is 10.3. The Labute approximate surface area is 304 Å². The van der Waals surface area contributed by atoms with Crippen LogP contribution in [0.2, 0.25) is 0 Å². The topological polar surface area (TPSA) is 191 Å². The van der Waals surface area contributed by atoms with Crippen LogP contribution in [0, 0.1) is 12.8 Å². The molecule has 0 spiro atoms. The number of aliphatic imine (C=N–C) groups is 1. The Morgan fingerprint density at radius 1 is 1.19 bits per heavy atom. The summed E-state index contributed by atoms with van der Waals surface area (Å²) in [5.41, 5.74) is 0.112. The minimum absolute atomic E-state index is 0.115. The lowest BCUT2D eigenvalue weighted by atomic mass is 10.1. The number of carbonyl (C=O) groups excluding carboxylic acids is 4. The standard InChI is InChI=1S/C37H49N5O9S/c1-23(2)50-32-18-31(28-13-14-30(49-5)24(3)33(28)40-32)51-27-17-29(38-20-27)34(45)41-37(35(46)42-52(47,48)36(4)15-16-36)19-25(37)11-9-7-6-8-10-12-26(21-43)39-22-44/h9,11,13-14,18,21,23,25-27,29,38H,6-8,10,12,15-17,19-20H2,1-5H3,(H,41,45)(H,42,46)/b11-9-/t25-,26+,27-,29+,37-/m1/s1. The third-order valence-electron chi connectivity index (χ3n) is 10.1. The van der Waals surface area contributed by atoms with Crippen LogP contribution in [0.4, 0.5) is 0 Å². The number of methoxy groups -OCH3 is 1. The minimum atomic E-state index is -3.93. The first kappa shape index (κ1) is 38.9. The van der Waals surface area contributed by atoms with E-state index in [4.69, 9.17) is 19.2 Å². The van der Waals surface area contributed by atoms with E-state index in [0.29, 0.717) is 74.3 Å². The van der Waals surface area contributed by atoms with E-state index >= 15 is 0 Å². The molecule has 0 unspecified atom stereocenters. The van der Waals surface area contributed by atoms with Crippen molar-refractivity contribution in [3.63, 3.8) is 0 Å². The number of aryl methyl sites for hydroxylation is 1. The van der Waals surface area contributed by atoms with Crippen molar-refractivity contribution in [1.29, 1.82) is 0 Å². The fourth-order valence-electron chi connectivity index (χ4n) is 6.50. The van der Waals surface area contributed by atoms with Gasteiger partial charge in [-0.05, 0) is 78.4 Å². The summed E-state index contributed by atoms with van der Waals surface area (Å²) < 4.78 is 45.2. The summed E-state index contributed by atoms with van der Waals surface area (Å²) >= 11 is 0. The molecular formula is C37H49N5O9S. The quantitative estimate of drug-likeness (QED) is 0.0626. The largest absolute Gasteiger partial charge is 0.496 e. The fourth-order valence-corrected chi connectivity index (χ4v) is 7.82. The maximum absolute atomic E-state index is 13.7. The number of amides is 2. The average Bonchev–Trinajstić information content (AvgIpc) is 3.97. The highest BCUT2D eigenvalue weighted by Crippen LogP contribution is 2.47. The minimum Gasteiger partial charge on any atom is -0.496 e. The highest BCUT2D eigenvalue weighted by atomic mass is 32.2. The van der Waals surface area contributed by atoms with Gasteiger partial charge < -0.3 is 29.6 Å². The summed E-state index contributed by atoms with van der Waals surface area (Å²) in [5, 5.41) is 6.89. The molecule has 5 atom stereocenters. The Balaban J connectivity index is 1.24. The second-order valence-corrected chi connectivity index (χ2v) is 16.7. The number of fused-ring (bicyclic) bond motifs is 1. The van der Waals surface area contributed by atoms with Gasteiger partial charge in [-0.3, -0.25) is 14.3 Å². The van der Waals surface area contributed by atoms with Crippen LogP contribution in [-0.2, 0) is 29.2 Å². The molecule has 3 fully saturated rings. The molecule has 2 heterocycles. The van der Waals surface area contributed by atoms with Crippen molar-refractivity contribution in [2.24, 2.45) is 10.9 Å². The Bertz CT molecular complexity index is 1850. The summed E-state index contributed by atoms with van der Waals surface area (Å²) in [5.74, 6) is 0.0935. The highest BCUT2D eigenvalue weighted by Gasteiger charge is 2.62. The normalized spacial score (nSPS) is 23.8. The maximum Gasteiger partial charge on any atom is 0.259 e. The van der Waals surface area contributed by atoms with Crippen LogP contribution in [0.25, 0.3) is 10.9 Å². The van der Waals surface area contributed by atoms with Gasteiger partial charge in [0.05, 0.1) is 29.5 Å². The molecule has 14 nitrogen and oxygen atoms in total. The molecule has 1 saturated heterocycles. The number of isocyanates is 1. The van der Waals surface area contributed by atoms with Crippen molar-refractivity contribution in [3.8, 4) is 17.4 Å². The SMILES string of the molecule is COc1ccc2c(O[C@H]3CN[C@H](C(=O)N[C@]4(C(=O)NS(=O)(=O)C5(C)CC5)C[C@H]4/C=C\CCCCC[C@@H](C=O)N=C=O)C3)cc(OC(C)C)nc2c1C.